The van der Waals surface area contributed by atoms with Gasteiger partial charge in [0.05, 0.1) is 12.6 Å². The summed E-state index contributed by atoms with van der Waals surface area (Å²) in [6.07, 6.45) is 8.14. The smallest absolute Gasteiger partial charge is 0.318 e. The van der Waals surface area contributed by atoms with Gasteiger partial charge >= 0.3 is 6.03 Å². The predicted octanol–water partition coefficient (Wildman–Crippen LogP) is 2.80. The van der Waals surface area contributed by atoms with Crippen molar-refractivity contribution < 1.29 is 13.9 Å². The summed E-state index contributed by atoms with van der Waals surface area (Å²) in [7, 11) is 0. The van der Waals surface area contributed by atoms with E-state index in [1.165, 1.54) is 0 Å². The average molecular weight is 326 g/mol. The van der Waals surface area contributed by atoms with Crippen molar-refractivity contribution in [2.45, 2.75) is 25.4 Å². The third-order valence-electron chi connectivity index (χ3n) is 4.14. The minimum Gasteiger partial charge on any atom is -0.461 e. The molecule has 0 radical (unpaired) electrons. The number of carbonyl (C=O) groups is 1. The van der Waals surface area contributed by atoms with Crippen LogP contribution in [0.2, 0.25) is 0 Å². The first-order valence-corrected chi connectivity index (χ1v) is 8.31. The zero-order valence-electron chi connectivity index (χ0n) is 13.7. The van der Waals surface area contributed by atoms with E-state index in [1.807, 2.05) is 30.3 Å². The van der Waals surface area contributed by atoms with E-state index in [2.05, 4.69) is 11.2 Å². The van der Waals surface area contributed by atoms with Crippen molar-refractivity contribution in [2.24, 2.45) is 0 Å². The summed E-state index contributed by atoms with van der Waals surface area (Å²) in [5, 5.41) is 3.99. The van der Waals surface area contributed by atoms with Gasteiger partial charge in [-0.15, -0.1) is 6.42 Å². The number of hydrogen-bond acceptors (Lipinski definition) is 3. The van der Waals surface area contributed by atoms with Crippen molar-refractivity contribution in [3.63, 3.8) is 0 Å². The molecule has 1 aliphatic heterocycles. The number of benzene rings is 1. The number of ether oxygens (including phenoxy) is 1. The highest BCUT2D eigenvalue weighted by Crippen LogP contribution is 2.18. The number of amides is 2. The molecular formula is C19H22N2O3. The van der Waals surface area contributed by atoms with Crippen molar-refractivity contribution in [1.82, 2.24) is 10.2 Å². The molecule has 2 heterocycles. The van der Waals surface area contributed by atoms with E-state index in [-0.39, 0.29) is 18.7 Å². The van der Waals surface area contributed by atoms with E-state index in [0.29, 0.717) is 19.5 Å². The topological polar surface area (TPSA) is 54.7 Å². The van der Waals surface area contributed by atoms with Gasteiger partial charge < -0.3 is 19.4 Å². The number of urea groups is 1. The van der Waals surface area contributed by atoms with Crippen molar-refractivity contribution in [3.05, 3.63) is 36.1 Å². The maximum atomic E-state index is 12.3. The first-order valence-electron chi connectivity index (χ1n) is 8.31. The van der Waals surface area contributed by atoms with Crippen LogP contribution < -0.4 is 5.32 Å². The lowest BCUT2D eigenvalue weighted by molar-refractivity contribution is 0.0846. The second kappa shape index (κ2) is 7.89. The molecule has 5 nitrogen and oxygen atoms in total. The Morgan fingerprint density at radius 1 is 1.42 bits per heavy atom. The molecule has 0 unspecified atom stereocenters. The van der Waals surface area contributed by atoms with Gasteiger partial charge in [-0.25, -0.2) is 4.79 Å². The average Bonchev–Trinajstić information content (AvgIpc) is 3.23. The number of rotatable bonds is 6. The second-order valence-electron chi connectivity index (χ2n) is 5.95. The van der Waals surface area contributed by atoms with E-state index in [9.17, 15) is 4.79 Å². The Morgan fingerprint density at radius 2 is 2.29 bits per heavy atom. The molecule has 1 atom stereocenters. The van der Waals surface area contributed by atoms with Crippen LogP contribution in [-0.2, 0) is 11.2 Å². The monoisotopic (exact) mass is 326 g/mol. The van der Waals surface area contributed by atoms with Crippen LogP contribution in [0.5, 0.6) is 0 Å². The SMILES string of the molecule is C#CCN(C[C@@H]1CCCO1)C(=O)NCCc1cc2ccccc2o1. The van der Waals surface area contributed by atoms with Gasteiger partial charge in [0.25, 0.3) is 0 Å². The molecule has 1 N–H and O–H groups in total. The lowest BCUT2D eigenvalue weighted by Crippen LogP contribution is -2.44. The molecule has 3 rings (SSSR count). The van der Waals surface area contributed by atoms with E-state index >= 15 is 0 Å². The van der Waals surface area contributed by atoms with Crippen LogP contribution in [0.15, 0.2) is 34.7 Å². The van der Waals surface area contributed by atoms with Crippen molar-refractivity contribution >= 4 is 17.0 Å². The van der Waals surface area contributed by atoms with Gasteiger partial charge in [0, 0.05) is 31.5 Å². The Kier molecular flexibility index (Phi) is 5.39. The maximum absolute atomic E-state index is 12.3. The third-order valence-corrected chi connectivity index (χ3v) is 4.14. The standard InChI is InChI=1S/C19H22N2O3/c1-2-11-21(14-17-7-5-12-23-17)19(22)20-10-9-16-13-15-6-3-4-8-18(15)24-16/h1,3-4,6,8,13,17H,5,7,9-12,14H2,(H,20,22)/t17-/m0/s1. The summed E-state index contributed by atoms with van der Waals surface area (Å²) >= 11 is 0. The van der Waals surface area contributed by atoms with Gasteiger partial charge in [-0.1, -0.05) is 24.1 Å². The normalized spacial score (nSPS) is 16.9. The highest BCUT2D eigenvalue weighted by Gasteiger charge is 2.21. The largest absolute Gasteiger partial charge is 0.461 e. The number of carbonyl (C=O) groups excluding carboxylic acids is 1. The molecule has 1 aliphatic rings. The zero-order chi connectivity index (χ0) is 16.8. The Morgan fingerprint density at radius 3 is 3.04 bits per heavy atom. The Balaban J connectivity index is 1.50. The highest BCUT2D eigenvalue weighted by atomic mass is 16.5. The summed E-state index contributed by atoms with van der Waals surface area (Å²) in [5.41, 5.74) is 0.867. The molecule has 1 aromatic carbocycles. The number of furan rings is 1. The Labute approximate surface area is 141 Å². The molecule has 0 saturated carbocycles. The molecule has 5 heteroatoms. The summed E-state index contributed by atoms with van der Waals surface area (Å²) in [5.74, 6) is 3.40. The lowest BCUT2D eigenvalue weighted by Gasteiger charge is -2.23. The van der Waals surface area contributed by atoms with Crippen molar-refractivity contribution in [2.75, 3.05) is 26.2 Å². The number of fused-ring (bicyclic) bond motifs is 1. The Bertz CT molecular complexity index is 693. The van der Waals surface area contributed by atoms with E-state index in [4.69, 9.17) is 15.6 Å². The van der Waals surface area contributed by atoms with Crippen molar-refractivity contribution in [3.8, 4) is 12.3 Å². The molecule has 1 fully saturated rings. The molecule has 1 saturated heterocycles. The Hall–Kier alpha value is -2.45. The van der Waals surface area contributed by atoms with Gasteiger partial charge in [-0.2, -0.15) is 0 Å². The fourth-order valence-corrected chi connectivity index (χ4v) is 2.93. The fourth-order valence-electron chi connectivity index (χ4n) is 2.93. The molecule has 1 aromatic heterocycles. The second-order valence-corrected chi connectivity index (χ2v) is 5.95. The summed E-state index contributed by atoms with van der Waals surface area (Å²) in [6.45, 7) is 2.10. The molecular weight excluding hydrogens is 304 g/mol. The first-order chi connectivity index (χ1) is 11.8. The molecule has 0 aliphatic carbocycles. The fraction of sp³-hybridized carbons (Fsp3) is 0.421. The van der Waals surface area contributed by atoms with Crippen LogP contribution in [0.1, 0.15) is 18.6 Å². The van der Waals surface area contributed by atoms with Crippen LogP contribution in [-0.4, -0.2) is 43.3 Å². The lowest BCUT2D eigenvalue weighted by atomic mass is 10.2. The minimum absolute atomic E-state index is 0.0967. The summed E-state index contributed by atoms with van der Waals surface area (Å²) in [4.78, 5) is 13.9. The number of nitrogens with one attached hydrogen (secondary N) is 1. The quantitative estimate of drug-likeness (QED) is 0.831. The van der Waals surface area contributed by atoms with Crippen LogP contribution in [0.4, 0.5) is 4.79 Å². The molecule has 0 spiro atoms. The van der Waals surface area contributed by atoms with Crippen LogP contribution in [0.3, 0.4) is 0 Å². The van der Waals surface area contributed by atoms with Gasteiger partial charge in [0.1, 0.15) is 11.3 Å². The van der Waals surface area contributed by atoms with E-state index in [0.717, 1.165) is 36.2 Å². The number of terminal acetylenes is 1. The molecule has 2 amide bonds. The molecule has 24 heavy (non-hydrogen) atoms. The zero-order valence-corrected chi connectivity index (χ0v) is 13.7. The number of hydrogen-bond donors (Lipinski definition) is 1. The number of nitrogens with zero attached hydrogens (tertiary/aromatic N) is 1. The number of para-hydroxylation sites is 1. The maximum Gasteiger partial charge on any atom is 0.318 e. The minimum atomic E-state index is -0.153. The van der Waals surface area contributed by atoms with E-state index in [1.54, 1.807) is 4.90 Å². The van der Waals surface area contributed by atoms with Crippen LogP contribution in [0.25, 0.3) is 11.0 Å². The summed E-state index contributed by atoms with van der Waals surface area (Å²) in [6, 6.07) is 9.73. The van der Waals surface area contributed by atoms with Gasteiger partial charge in [-0.3, -0.25) is 0 Å². The third kappa shape index (κ3) is 4.09. The highest BCUT2D eigenvalue weighted by molar-refractivity contribution is 5.77. The first kappa shape index (κ1) is 16.4. The van der Waals surface area contributed by atoms with Crippen LogP contribution >= 0.6 is 0 Å². The van der Waals surface area contributed by atoms with Gasteiger partial charge in [0.15, 0.2) is 0 Å². The van der Waals surface area contributed by atoms with E-state index < -0.39 is 0 Å². The molecule has 126 valence electrons. The molecule has 0 bridgehead atoms. The van der Waals surface area contributed by atoms with Gasteiger partial charge in [0.2, 0.25) is 0 Å². The predicted molar refractivity (Wildman–Crippen MR) is 92.7 cm³/mol. The van der Waals surface area contributed by atoms with Crippen LogP contribution in [0, 0.1) is 12.3 Å². The summed E-state index contributed by atoms with van der Waals surface area (Å²) < 4.78 is 11.3. The molecule has 2 aromatic rings. The van der Waals surface area contributed by atoms with Crippen molar-refractivity contribution in [1.29, 1.82) is 0 Å². The van der Waals surface area contributed by atoms with Gasteiger partial charge in [-0.05, 0) is 25.0 Å².